The summed E-state index contributed by atoms with van der Waals surface area (Å²) >= 11 is 0. The molecule has 0 amide bonds. The molecule has 0 spiro atoms. The van der Waals surface area contributed by atoms with Crippen molar-refractivity contribution in [1.82, 2.24) is 0 Å². The highest BCUT2D eigenvalue weighted by Crippen LogP contribution is 2.20. The van der Waals surface area contributed by atoms with Crippen molar-refractivity contribution in [2.24, 2.45) is 11.5 Å². The fourth-order valence-electron chi connectivity index (χ4n) is 1.68. The molecule has 1 unspecified atom stereocenters. The molecule has 1 atom stereocenters. The van der Waals surface area contributed by atoms with Crippen LogP contribution in [0, 0.1) is 0 Å². The average Bonchev–Trinajstić information content (AvgIpc) is 2.18. The van der Waals surface area contributed by atoms with Crippen LogP contribution < -0.4 is 11.5 Å². The van der Waals surface area contributed by atoms with Gasteiger partial charge in [-0.05, 0) is 39.8 Å². The van der Waals surface area contributed by atoms with E-state index in [0.717, 1.165) is 25.4 Å². The highest BCUT2D eigenvalue weighted by molar-refractivity contribution is 6.69. The van der Waals surface area contributed by atoms with Gasteiger partial charge in [-0.3, -0.25) is 0 Å². The third-order valence-corrected chi connectivity index (χ3v) is 6.44. The van der Waals surface area contributed by atoms with Crippen molar-refractivity contribution in [3.8, 4) is 0 Å². The molecule has 0 aromatic rings. The second kappa shape index (κ2) is 8.24. The summed E-state index contributed by atoms with van der Waals surface area (Å²) in [7, 11) is -2.19. The number of unbranched alkanes of at least 4 members (excludes halogenated alkanes) is 1. The molecular formula is C10H26N2O2Si. The van der Waals surface area contributed by atoms with Crippen molar-refractivity contribution in [2.75, 3.05) is 19.8 Å². The summed E-state index contributed by atoms with van der Waals surface area (Å²) in [6, 6.07) is 0.948. The number of hydrogen-bond donors (Lipinski definition) is 2. The van der Waals surface area contributed by atoms with Crippen molar-refractivity contribution in [3.63, 3.8) is 0 Å². The summed E-state index contributed by atoms with van der Waals surface area (Å²) < 4.78 is 11.7. The van der Waals surface area contributed by atoms with E-state index in [-0.39, 0.29) is 5.67 Å². The molecule has 0 aromatic heterocycles. The summed E-state index contributed by atoms with van der Waals surface area (Å²) in [6.45, 7) is 8.05. The van der Waals surface area contributed by atoms with Crippen LogP contribution in [0.3, 0.4) is 0 Å². The van der Waals surface area contributed by atoms with E-state index in [1.165, 1.54) is 0 Å². The minimum atomic E-state index is -2.19. The van der Waals surface area contributed by atoms with Crippen molar-refractivity contribution in [1.29, 1.82) is 0 Å². The standard InChI is InChI=1S/C10H26N2O2Si/c1-4-13-15(10(3)12,14-5-2)9-7-6-8-11/h10H,4-9,11-12H2,1-3H3. The van der Waals surface area contributed by atoms with Crippen molar-refractivity contribution in [3.05, 3.63) is 0 Å². The Labute approximate surface area is 94.6 Å². The molecule has 0 saturated heterocycles. The molecule has 15 heavy (non-hydrogen) atoms. The third-order valence-electron chi connectivity index (χ3n) is 2.45. The lowest BCUT2D eigenvalue weighted by molar-refractivity contribution is 0.174. The Hall–Kier alpha value is 0.0569. The van der Waals surface area contributed by atoms with Gasteiger partial charge in [-0.15, -0.1) is 0 Å². The van der Waals surface area contributed by atoms with E-state index in [0.29, 0.717) is 13.2 Å². The van der Waals surface area contributed by atoms with Gasteiger partial charge in [0.15, 0.2) is 0 Å². The topological polar surface area (TPSA) is 70.5 Å². The van der Waals surface area contributed by atoms with Crippen LogP contribution in [0.2, 0.25) is 6.04 Å². The van der Waals surface area contributed by atoms with E-state index in [9.17, 15) is 0 Å². The van der Waals surface area contributed by atoms with E-state index in [1.54, 1.807) is 0 Å². The lowest BCUT2D eigenvalue weighted by atomic mass is 10.3. The van der Waals surface area contributed by atoms with Gasteiger partial charge in [0, 0.05) is 18.9 Å². The van der Waals surface area contributed by atoms with Gasteiger partial charge in [-0.1, -0.05) is 6.42 Å². The Morgan fingerprint density at radius 1 is 1.13 bits per heavy atom. The number of rotatable bonds is 9. The maximum atomic E-state index is 6.01. The Kier molecular flexibility index (Phi) is 8.27. The first-order valence-corrected chi connectivity index (χ1v) is 7.96. The first-order valence-electron chi connectivity index (χ1n) is 5.86. The monoisotopic (exact) mass is 234 g/mol. The molecule has 0 bridgehead atoms. The smallest absolute Gasteiger partial charge is 0.355 e. The van der Waals surface area contributed by atoms with E-state index in [2.05, 4.69) is 0 Å². The van der Waals surface area contributed by atoms with Crippen molar-refractivity contribution >= 4 is 8.56 Å². The lowest BCUT2D eigenvalue weighted by Gasteiger charge is -2.33. The molecule has 0 aliphatic rings. The van der Waals surface area contributed by atoms with Crippen molar-refractivity contribution in [2.45, 2.75) is 45.3 Å². The van der Waals surface area contributed by atoms with Gasteiger partial charge in [0.1, 0.15) is 0 Å². The second-order valence-electron chi connectivity index (χ2n) is 3.71. The molecule has 0 saturated carbocycles. The largest absolute Gasteiger partial charge is 0.394 e. The predicted octanol–water partition coefficient (Wildman–Crippen LogP) is 1.13. The van der Waals surface area contributed by atoms with Gasteiger partial charge in [-0.2, -0.15) is 0 Å². The van der Waals surface area contributed by atoms with Crippen LogP contribution in [0.1, 0.15) is 33.6 Å². The van der Waals surface area contributed by atoms with Crippen molar-refractivity contribution < 1.29 is 8.85 Å². The minimum absolute atomic E-state index is 0.00942. The fraction of sp³-hybridized carbons (Fsp3) is 1.00. The van der Waals surface area contributed by atoms with Crippen LogP contribution in [0.4, 0.5) is 0 Å². The zero-order chi connectivity index (χ0) is 11.7. The number of hydrogen-bond acceptors (Lipinski definition) is 4. The molecule has 0 aromatic carbocycles. The molecule has 0 fully saturated rings. The van der Waals surface area contributed by atoms with Crippen LogP contribution in [-0.4, -0.2) is 34.0 Å². The second-order valence-corrected chi connectivity index (χ2v) is 7.32. The zero-order valence-corrected chi connectivity index (χ0v) is 11.3. The Morgan fingerprint density at radius 3 is 2.00 bits per heavy atom. The molecule has 0 radical (unpaired) electrons. The van der Waals surface area contributed by atoms with Crippen LogP contribution in [0.25, 0.3) is 0 Å². The molecule has 0 rings (SSSR count). The Balaban J connectivity index is 4.33. The molecule has 0 aliphatic heterocycles. The Morgan fingerprint density at radius 2 is 1.67 bits per heavy atom. The molecule has 0 aliphatic carbocycles. The van der Waals surface area contributed by atoms with Crippen LogP contribution in [-0.2, 0) is 8.85 Å². The first kappa shape index (κ1) is 15.1. The maximum absolute atomic E-state index is 6.01. The summed E-state index contributed by atoms with van der Waals surface area (Å²) in [6.07, 6.45) is 2.06. The molecular weight excluding hydrogens is 208 g/mol. The van der Waals surface area contributed by atoms with Gasteiger partial charge in [0.05, 0.1) is 0 Å². The highest BCUT2D eigenvalue weighted by atomic mass is 28.4. The zero-order valence-electron chi connectivity index (χ0n) is 10.3. The van der Waals surface area contributed by atoms with Crippen LogP contribution in [0.15, 0.2) is 0 Å². The van der Waals surface area contributed by atoms with Gasteiger partial charge in [0.25, 0.3) is 0 Å². The van der Waals surface area contributed by atoms with Gasteiger partial charge >= 0.3 is 8.56 Å². The number of nitrogens with two attached hydrogens (primary N) is 2. The minimum Gasteiger partial charge on any atom is -0.394 e. The summed E-state index contributed by atoms with van der Waals surface area (Å²) in [5.41, 5.74) is 11.5. The summed E-state index contributed by atoms with van der Waals surface area (Å²) in [5.74, 6) is 0. The highest BCUT2D eigenvalue weighted by Gasteiger charge is 2.40. The molecule has 4 nitrogen and oxygen atoms in total. The van der Waals surface area contributed by atoms with Gasteiger partial charge in [-0.25, -0.2) is 0 Å². The molecule has 4 N–H and O–H groups in total. The van der Waals surface area contributed by atoms with Gasteiger partial charge < -0.3 is 20.3 Å². The van der Waals surface area contributed by atoms with E-state index in [1.807, 2.05) is 20.8 Å². The lowest BCUT2D eigenvalue weighted by Crippen LogP contribution is -2.56. The van der Waals surface area contributed by atoms with E-state index in [4.69, 9.17) is 20.3 Å². The average molecular weight is 234 g/mol. The summed E-state index contributed by atoms with van der Waals surface area (Å²) in [5, 5.41) is 0. The third kappa shape index (κ3) is 5.08. The fourth-order valence-corrected chi connectivity index (χ4v) is 4.75. The maximum Gasteiger partial charge on any atom is 0.355 e. The normalized spacial score (nSPS) is 14.2. The Bertz CT molecular complexity index is 150. The van der Waals surface area contributed by atoms with Gasteiger partial charge in [0.2, 0.25) is 0 Å². The molecule has 5 heteroatoms. The molecule has 0 heterocycles. The van der Waals surface area contributed by atoms with E-state index >= 15 is 0 Å². The molecule has 92 valence electrons. The predicted molar refractivity (Wildman–Crippen MR) is 65.8 cm³/mol. The summed E-state index contributed by atoms with van der Waals surface area (Å²) in [4.78, 5) is 0. The van der Waals surface area contributed by atoms with Crippen LogP contribution >= 0.6 is 0 Å². The quantitative estimate of drug-likeness (QED) is 0.463. The first-order chi connectivity index (χ1) is 7.13. The van der Waals surface area contributed by atoms with Crippen LogP contribution in [0.5, 0.6) is 0 Å². The SMILES string of the molecule is CCO[Si](CCCCN)(OCC)C(C)N. The van der Waals surface area contributed by atoms with E-state index < -0.39 is 8.56 Å².